The van der Waals surface area contributed by atoms with Crippen LogP contribution in [0.2, 0.25) is 0 Å². The second-order valence-electron chi connectivity index (χ2n) is 3.46. The van der Waals surface area contributed by atoms with Gasteiger partial charge in [0.25, 0.3) is 0 Å². The van der Waals surface area contributed by atoms with Crippen molar-refractivity contribution in [1.82, 2.24) is 9.38 Å². The van der Waals surface area contributed by atoms with Gasteiger partial charge in [0.1, 0.15) is 5.82 Å². The molecule has 2 heterocycles. The summed E-state index contributed by atoms with van der Waals surface area (Å²) in [5.74, 6) is 1.03. The molecule has 0 aliphatic heterocycles. The zero-order valence-corrected chi connectivity index (χ0v) is 7.94. The summed E-state index contributed by atoms with van der Waals surface area (Å²) in [7, 11) is 0. The molecule has 2 nitrogen and oxygen atoms in total. The Balaban J connectivity index is 2.61. The Morgan fingerprint density at radius 1 is 1.14 bits per heavy atom. The van der Waals surface area contributed by atoms with Gasteiger partial charge in [-0.2, -0.15) is 0 Å². The average molecular weight is 182 g/mol. The fourth-order valence-electron chi connectivity index (χ4n) is 1.87. The highest BCUT2D eigenvalue weighted by molar-refractivity contribution is 5.95. The second kappa shape index (κ2) is 2.58. The quantitative estimate of drug-likeness (QED) is 0.522. The first kappa shape index (κ1) is 7.56. The van der Waals surface area contributed by atoms with Crippen molar-refractivity contribution < 1.29 is 0 Å². The molecule has 0 bridgehead atoms. The van der Waals surface area contributed by atoms with Gasteiger partial charge in [-0.05, 0) is 18.4 Å². The molecule has 0 saturated heterocycles. The third kappa shape index (κ3) is 0.880. The number of rotatable bonds is 0. The molecule has 0 amide bonds. The normalized spacial score (nSPS) is 11.2. The van der Waals surface area contributed by atoms with E-state index in [2.05, 4.69) is 45.9 Å². The average Bonchev–Trinajstić information content (AvgIpc) is 2.61. The molecule has 0 unspecified atom stereocenters. The highest BCUT2D eigenvalue weighted by atomic mass is 15.0. The van der Waals surface area contributed by atoms with Crippen LogP contribution in [0.1, 0.15) is 5.82 Å². The van der Waals surface area contributed by atoms with Gasteiger partial charge in [-0.15, -0.1) is 0 Å². The Kier molecular flexibility index (Phi) is 1.39. The monoisotopic (exact) mass is 182 g/mol. The summed E-state index contributed by atoms with van der Waals surface area (Å²) in [6, 6.07) is 10.5. The fourth-order valence-corrected chi connectivity index (χ4v) is 1.87. The largest absolute Gasteiger partial charge is 0.303 e. The number of aromatic nitrogens is 2. The molecule has 68 valence electrons. The van der Waals surface area contributed by atoms with E-state index >= 15 is 0 Å². The Bertz CT molecular complexity index is 608. The van der Waals surface area contributed by atoms with Crippen molar-refractivity contribution in [1.29, 1.82) is 0 Å². The molecule has 0 fully saturated rings. The maximum atomic E-state index is 4.31. The van der Waals surface area contributed by atoms with E-state index in [0.717, 1.165) is 5.82 Å². The van der Waals surface area contributed by atoms with E-state index in [4.69, 9.17) is 0 Å². The number of fused-ring (bicyclic) bond motifs is 3. The number of benzene rings is 1. The molecular formula is C12H10N2. The van der Waals surface area contributed by atoms with Crippen molar-refractivity contribution in [3.8, 4) is 0 Å². The van der Waals surface area contributed by atoms with Gasteiger partial charge < -0.3 is 4.40 Å². The molecule has 0 radical (unpaired) electrons. The van der Waals surface area contributed by atoms with Crippen LogP contribution in [-0.2, 0) is 0 Å². The number of aryl methyl sites for hydroxylation is 1. The molecule has 14 heavy (non-hydrogen) atoms. The summed E-state index contributed by atoms with van der Waals surface area (Å²) in [5, 5.41) is 2.52. The van der Waals surface area contributed by atoms with Crippen LogP contribution in [0.3, 0.4) is 0 Å². The van der Waals surface area contributed by atoms with Gasteiger partial charge >= 0.3 is 0 Å². The van der Waals surface area contributed by atoms with E-state index in [1.165, 1.54) is 16.3 Å². The molecule has 0 atom stereocenters. The van der Waals surface area contributed by atoms with Crippen molar-refractivity contribution >= 4 is 16.3 Å². The van der Waals surface area contributed by atoms with Crippen LogP contribution in [0.15, 0.2) is 42.7 Å². The minimum atomic E-state index is 1.03. The van der Waals surface area contributed by atoms with Crippen LogP contribution in [0.4, 0.5) is 0 Å². The smallest absolute Gasteiger partial charge is 0.110 e. The van der Waals surface area contributed by atoms with Crippen LogP contribution >= 0.6 is 0 Å². The van der Waals surface area contributed by atoms with Gasteiger partial charge in [0.05, 0.1) is 11.7 Å². The predicted molar refractivity (Wildman–Crippen MR) is 57.4 cm³/mol. The topological polar surface area (TPSA) is 17.3 Å². The van der Waals surface area contributed by atoms with Crippen LogP contribution in [0, 0.1) is 6.92 Å². The summed E-state index contributed by atoms with van der Waals surface area (Å²) in [5.41, 5.74) is 1.18. The zero-order chi connectivity index (χ0) is 9.54. The summed E-state index contributed by atoms with van der Waals surface area (Å²) in [6.45, 7) is 2.02. The lowest BCUT2D eigenvalue weighted by Crippen LogP contribution is -1.87. The first-order valence-corrected chi connectivity index (χ1v) is 4.68. The van der Waals surface area contributed by atoms with Gasteiger partial charge in [0.15, 0.2) is 0 Å². The molecule has 0 aliphatic rings. The van der Waals surface area contributed by atoms with Crippen LogP contribution in [0.5, 0.6) is 0 Å². The summed E-state index contributed by atoms with van der Waals surface area (Å²) >= 11 is 0. The lowest BCUT2D eigenvalue weighted by Gasteiger charge is -2.00. The molecule has 0 spiro atoms. The van der Waals surface area contributed by atoms with Crippen molar-refractivity contribution in [2.45, 2.75) is 6.92 Å². The molecule has 3 rings (SSSR count). The van der Waals surface area contributed by atoms with Gasteiger partial charge in [0, 0.05) is 11.6 Å². The number of pyridine rings is 1. The molecular weight excluding hydrogens is 172 g/mol. The maximum Gasteiger partial charge on any atom is 0.110 e. The molecule has 0 N–H and O–H groups in total. The van der Waals surface area contributed by atoms with E-state index in [9.17, 15) is 0 Å². The SMILES string of the molecule is Cc1ncc2c3ccccc3ccn12. The Hall–Kier alpha value is -1.83. The van der Waals surface area contributed by atoms with Gasteiger partial charge in [-0.1, -0.05) is 24.3 Å². The summed E-state index contributed by atoms with van der Waals surface area (Å²) in [6.07, 6.45) is 4.00. The number of hydrogen-bond donors (Lipinski definition) is 0. The molecule has 0 aliphatic carbocycles. The molecule has 1 aromatic carbocycles. The molecule has 0 saturated carbocycles. The van der Waals surface area contributed by atoms with E-state index in [-0.39, 0.29) is 0 Å². The number of nitrogens with zero attached hydrogens (tertiary/aromatic N) is 2. The van der Waals surface area contributed by atoms with E-state index in [0.29, 0.717) is 0 Å². The predicted octanol–water partition coefficient (Wildman–Crippen LogP) is 2.80. The Labute approximate surface area is 81.8 Å². The van der Waals surface area contributed by atoms with Gasteiger partial charge in [0.2, 0.25) is 0 Å². The molecule has 3 aromatic rings. The van der Waals surface area contributed by atoms with Crippen molar-refractivity contribution in [3.63, 3.8) is 0 Å². The molecule has 2 aromatic heterocycles. The number of imidazole rings is 1. The zero-order valence-electron chi connectivity index (χ0n) is 7.94. The maximum absolute atomic E-state index is 4.31. The first-order chi connectivity index (χ1) is 6.86. The third-order valence-electron chi connectivity index (χ3n) is 2.62. The minimum Gasteiger partial charge on any atom is -0.303 e. The highest BCUT2D eigenvalue weighted by Crippen LogP contribution is 2.19. The summed E-state index contributed by atoms with van der Waals surface area (Å²) in [4.78, 5) is 4.31. The first-order valence-electron chi connectivity index (χ1n) is 4.68. The lowest BCUT2D eigenvalue weighted by atomic mass is 10.1. The van der Waals surface area contributed by atoms with Crippen molar-refractivity contribution in [2.75, 3.05) is 0 Å². The Morgan fingerprint density at radius 2 is 2.00 bits per heavy atom. The second-order valence-corrected chi connectivity index (χ2v) is 3.46. The fraction of sp³-hybridized carbons (Fsp3) is 0.0833. The highest BCUT2D eigenvalue weighted by Gasteiger charge is 2.01. The van der Waals surface area contributed by atoms with Crippen molar-refractivity contribution in [2.24, 2.45) is 0 Å². The lowest BCUT2D eigenvalue weighted by molar-refractivity contribution is 1.05. The third-order valence-corrected chi connectivity index (χ3v) is 2.62. The van der Waals surface area contributed by atoms with Crippen molar-refractivity contribution in [3.05, 3.63) is 48.5 Å². The van der Waals surface area contributed by atoms with Gasteiger partial charge in [-0.25, -0.2) is 4.98 Å². The Morgan fingerprint density at radius 3 is 2.93 bits per heavy atom. The standard InChI is InChI=1S/C12H10N2/c1-9-13-8-12-11-5-3-2-4-10(11)6-7-14(9)12/h2-8H,1H3. The summed E-state index contributed by atoms with van der Waals surface area (Å²) < 4.78 is 2.11. The van der Waals surface area contributed by atoms with Crippen LogP contribution in [0.25, 0.3) is 16.3 Å². The molecule has 2 heteroatoms. The van der Waals surface area contributed by atoms with E-state index in [1.807, 2.05) is 13.1 Å². The van der Waals surface area contributed by atoms with E-state index in [1.54, 1.807) is 0 Å². The van der Waals surface area contributed by atoms with E-state index < -0.39 is 0 Å². The van der Waals surface area contributed by atoms with Crippen LogP contribution in [-0.4, -0.2) is 9.38 Å². The number of hydrogen-bond acceptors (Lipinski definition) is 1. The minimum absolute atomic E-state index is 1.03. The van der Waals surface area contributed by atoms with Crippen LogP contribution < -0.4 is 0 Å². The van der Waals surface area contributed by atoms with Gasteiger partial charge in [-0.3, -0.25) is 0 Å².